The van der Waals surface area contributed by atoms with Gasteiger partial charge in [0.1, 0.15) is 0 Å². The first-order chi connectivity index (χ1) is 24.9. The third-order valence-electron chi connectivity index (χ3n) is 11.0. The van der Waals surface area contributed by atoms with Gasteiger partial charge >= 0.3 is 0 Å². The highest BCUT2D eigenvalue weighted by Gasteiger charge is 2.40. The maximum atomic E-state index is 2.53. The Balaban J connectivity index is 1.31. The van der Waals surface area contributed by atoms with E-state index < -0.39 is 7.92 Å². The Morgan fingerprint density at radius 2 is 0.588 bits per heavy atom. The van der Waals surface area contributed by atoms with E-state index in [1.165, 1.54) is 72.3 Å². The highest BCUT2D eigenvalue weighted by molar-refractivity contribution is 7.80. The molecule has 3 heteroatoms. The van der Waals surface area contributed by atoms with Gasteiger partial charge in [0.05, 0.1) is 34.1 Å². The minimum atomic E-state index is -1.03. The molecule has 0 amide bonds. The molecule has 0 bridgehead atoms. The second-order valence-electron chi connectivity index (χ2n) is 14.6. The van der Waals surface area contributed by atoms with Crippen LogP contribution in [0, 0.1) is 0 Å². The zero-order valence-electron chi connectivity index (χ0n) is 29.6. The van der Waals surface area contributed by atoms with Gasteiger partial charge in [0.15, 0.2) is 0 Å². The fourth-order valence-corrected chi connectivity index (χ4v) is 11.1. The minimum Gasteiger partial charge on any atom is -0.309 e. The van der Waals surface area contributed by atoms with Crippen LogP contribution in [0.5, 0.6) is 0 Å². The van der Waals surface area contributed by atoms with Crippen molar-refractivity contribution in [1.29, 1.82) is 0 Å². The van der Waals surface area contributed by atoms with E-state index in [4.69, 9.17) is 0 Å². The largest absolute Gasteiger partial charge is 0.309 e. The van der Waals surface area contributed by atoms with E-state index in [-0.39, 0.29) is 10.8 Å². The van der Waals surface area contributed by atoms with E-state index >= 15 is 0 Å². The molecule has 0 saturated heterocycles. The number of para-hydroxylation sites is 6. The van der Waals surface area contributed by atoms with E-state index in [1.54, 1.807) is 0 Å². The summed E-state index contributed by atoms with van der Waals surface area (Å²) in [7, 11) is -1.03. The molecular formula is C48H41N2P. The number of nitrogens with zero attached hydrogens (tertiary/aromatic N) is 2. The monoisotopic (exact) mass is 676 g/mol. The van der Waals surface area contributed by atoms with Crippen molar-refractivity contribution >= 4 is 58.0 Å². The van der Waals surface area contributed by atoms with Gasteiger partial charge in [0.25, 0.3) is 0 Å². The van der Waals surface area contributed by atoms with Gasteiger partial charge in [-0.3, -0.25) is 0 Å². The Kier molecular flexibility index (Phi) is 7.49. The molecule has 0 atom stereocenters. The lowest BCUT2D eigenvalue weighted by Crippen LogP contribution is -2.35. The molecule has 51 heavy (non-hydrogen) atoms. The molecule has 0 radical (unpaired) electrons. The maximum absolute atomic E-state index is 2.53. The van der Waals surface area contributed by atoms with E-state index in [0.717, 1.165) is 0 Å². The van der Waals surface area contributed by atoms with Gasteiger partial charge in [-0.1, -0.05) is 167 Å². The molecule has 2 heterocycles. The third kappa shape index (κ3) is 4.89. The molecule has 0 spiro atoms. The number of benzene rings is 7. The minimum absolute atomic E-state index is 0.127. The average Bonchev–Trinajstić information content (AvgIpc) is 3.17. The summed E-state index contributed by atoms with van der Waals surface area (Å²) < 4.78 is 0. The molecule has 0 saturated carbocycles. The van der Waals surface area contributed by atoms with Crippen LogP contribution in [0.3, 0.4) is 0 Å². The molecule has 0 aliphatic carbocycles. The summed E-state index contributed by atoms with van der Waals surface area (Å²) in [5.74, 6) is 0. The standard InChI is InChI=1S/C48H41N2P/c1-47(2)35-22-8-12-26-39(35)49(40-27-13-9-23-36(40)47)43-30-16-18-32-45(43)51(34-20-6-5-7-21-34)46-33-19-17-31-44(46)50-41-28-14-10-24-37(41)48(3,4)38-25-11-15-29-42(38)50/h5-33H,1-4H3. The summed E-state index contributed by atoms with van der Waals surface area (Å²) in [5.41, 5.74) is 12.5. The molecule has 2 aliphatic rings. The maximum Gasteiger partial charge on any atom is 0.0545 e. The lowest BCUT2D eigenvalue weighted by molar-refractivity contribution is 0.632. The Morgan fingerprint density at radius 1 is 0.314 bits per heavy atom. The fourth-order valence-electron chi connectivity index (χ4n) is 8.53. The second kappa shape index (κ2) is 12.1. The van der Waals surface area contributed by atoms with E-state index in [1.807, 2.05) is 0 Å². The van der Waals surface area contributed by atoms with Gasteiger partial charge < -0.3 is 9.80 Å². The predicted octanol–water partition coefficient (Wildman–Crippen LogP) is 11.7. The fraction of sp³-hybridized carbons (Fsp3) is 0.125. The van der Waals surface area contributed by atoms with Gasteiger partial charge in [-0.25, -0.2) is 0 Å². The van der Waals surface area contributed by atoms with Gasteiger partial charge in [-0.15, -0.1) is 0 Å². The quantitative estimate of drug-likeness (QED) is 0.167. The van der Waals surface area contributed by atoms with Crippen LogP contribution in [-0.2, 0) is 10.8 Å². The Bertz CT molecular complexity index is 2160. The van der Waals surface area contributed by atoms with Crippen molar-refractivity contribution in [3.8, 4) is 0 Å². The summed E-state index contributed by atoms with van der Waals surface area (Å²) in [6.45, 7) is 9.43. The molecule has 0 unspecified atom stereocenters. The SMILES string of the molecule is CC1(C)c2ccccc2N(c2ccccc2P(c2ccccc2)c2ccccc2N2c3ccccc3C(C)(C)c3ccccc32)c2ccccc21. The Morgan fingerprint density at radius 3 is 0.941 bits per heavy atom. The lowest BCUT2D eigenvalue weighted by atomic mass is 9.73. The number of anilines is 6. The van der Waals surface area contributed by atoms with Crippen LogP contribution in [0.25, 0.3) is 0 Å². The summed E-state index contributed by atoms with van der Waals surface area (Å²) in [4.78, 5) is 5.06. The van der Waals surface area contributed by atoms with Crippen LogP contribution < -0.4 is 25.7 Å². The topological polar surface area (TPSA) is 6.48 Å². The van der Waals surface area contributed by atoms with Crippen LogP contribution in [0.15, 0.2) is 176 Å². The molecule has 9 rings (SSSR count). The lowest BCUT2D eigenvalue weighted by Gasteiger charge is -2.44. The van der Waals surface area contributed by atoms with Gasteiger partial charge in [0, 0.05) is 21.4 Å². The molecule has 2 aliphatic heterocycles. The molecular weight excluding hydrogens is 636 g/mol. The first-order valence-corrected chi connectivity index (χ1v) is 19.2. The summed E-state index contributed by atoms with van der Waals surface area (Å²) >= 11 is 0. The molecule has 7 aromatic carbocycles. The molecule has 0 aromatic heterocycles. The van der Waals surface area contributed by atoms with E-state index in [0.29, 0.717) is 0 Å². The zero-order chi connectivity index (χ0) is 34.7. The first-order valence-electron chi connectivity index (χ1n) is 17.9. The van der Waals surface area contributed by atoms with Crippen molar-refractivity contribution in [3.63, 3.8) is 0 Å². The van der Waals surface area contributed by atoms with Crippen LogP contribution >= 0.6 is 7.92 Å². The Hall–Kier alpha value is -5.43. The van der Waals surface area contributed by atoms with Crippen LogP contribution in [0.2, 0.25) is 0 Å². The smallest absolute Gasteiger partial charge is 0.0545 e. The van der Waals surface area contributed by atoms with Gasteiger partial charge in [0.2, 0.25) is 0 Å². The van der Waals surface area contributed by atoms with Crippen molar-refractivity contribution in [1.82, 2.24) is 0 Å². The van der Waals surface area contributed by atoms with E-state index in [2.05, 4.69) is 213 Å². The van der Waals surface area contributed by atoms with Crippen LogP contribution in [-0.4, -0.2) is 0 Å². The van der Waals surface area contributed by atoms with Gasteiger partial charge in [-0.05, 0) is 71.9 Å². The van der Waals surface area contributed by atoms with Crippen molar-refractivity contribution < 1.29 is 0 Å². The summed E-state index contributed by atoms with van der Waals surface area (Å²) in [6.07, 6.45) is 0. The van der Waals surface area contributed by atoms with Crippen molar-refractivity contribution in [2.75, 3.05) is 9.80 Å². The second-order valence-corrected chi connectivity index (χ2v) is 16.8. The Labute approximate surface area is 303 Å². The van der Waals surface area contributed by atoms with Gasteiger partial charge in [-0.2, -0.15) is 0 Å². The number of hydrogen-bond donors (Lipinski definition) is 0. The molecule has 0 fully saturated rings. The van der Waals surface area contributed by atoms with Crippen LogP contribution in [0.1, 0.15) is 49.9 Å². The highest BCUT2D eigenvalue weighted by atomic mass is 31.1. The van der Waals surface area contributed by atoms with Crippen LogP contribution in [0.4, 0.5) is 34.1 Å². The third-order valence-corrected chi connectivity index (χ3v) is 13.5. The van der Waals surface area contributed by atoms with E-state index in [9.17, 15) is 0 Å². The average molecular weight is 677 g/mol. The molecule has 0 N–H and O–H groups in total. The molecule has 2 nitrogen and oxygen atoms in total. The number of rotatable bonds is 5. The summed E-state index contributed by atoms with van der Waals surface area (Å²) in [5, 5.41) is 3.98. The van der Waals surface area contributed by atoms with Crippen molar-refractivity contribution in [2.24, 2.45) is 0 Å². The normalized spacial score (nSPS) is 15.1. The number of hydrogen-bond acceptors (Lipinski definition) is 2. The molecule has 7 aromatic rings. The first kappa shape index (κ1) is 31.5. The summed E-state index contributed by atoms with van der Waals surface area (Å²) in [6, 6.07) is 65.3. The highest BCUT2D eigenvalue weighted by Crippen LogP contribution is 2.55. The van der Waals surface area contributed by atoms with Crippen molar-refractivity contribution in [3.05, 3.63) is 198 Å². The predicted molar refractivity (Wildman–Crippen MR) is 219 cm³/mol. The van der Waals surface area contributed by atoms with Crippen molar-refractivity contribution in [2.45, 2.75) is 38.5 Å². The zero-order valence-corrected chi connectivity index (χ0v) is 30.5. The molecule has 248 valence electrons. The number of fused-ring (bicyclic) bond motifs is 4.